The fourth-order valence-electron chi connectivity index (χ4n) is 2.17. The molecule has 0 N–H and O–H groups in total. The zero-order valence-electron chi connectivity index (χ0n) is 8.52. The molecule has 0 amide bonds. The van der Waals surface area contributed by atoms with E-state index in [0.29, 0.717) is 5.25 Å². The topological polar surface area (TPSA) is 12.4 Å². The van der Waals surface area contributed by atoms with Gasteiger partial charge in [-0.25, -0.2) is 0 Å². The quantitative estimate of drug-likeness (QED) is 0.606. The first-order chi connectivity index (χ1) is 7.43. The Kier molecular flexibility index (Phi) is 2.37. The molecule has 1 aliphatic carbocycles. The Morgan fingerprint density at radius 3 is 3.20 bits per heavy atom. The summed E-state index contributed by atoms with van der Waals surface area (Å²) in [6, 6.07) is 8.65. The SMILES string of the molecule is C1=C\C2CC(=NCS2)c2ccccc2C/1. The van der Waals surface area contributed by atoms with Crippen molar-refractivity contribution in [3.63, 3.8) is 0 Å². The number of thioether (sulfide) groups is 1. The molecule has 0 fully saturated rings. The van der Waals surface area contributed by atoms with Gasteiger partial charge in [-0.15, -0.1) is 11.8 Å². The molecule has 0 spiro atoms. The summed E-state index contributed by atoms with van der Waals surface area (Å²) in [6.45, 7) is 0. The first-order valence-corrected chi connectivity index (χ1v) is 6.38. The van der Waals surface area contributed by atoms with Crippen LogP contribution in [0, 0.1) is 0 Å². The van der Waals surface area contributed by atoms with Gasteiger partial charge in [0.1, 0.15) is 0 Å². The Hall–Kier alpha value is -1.02. The number of hydrogen-bond acceptors (Lipinski definition) is 2. The molecule has 1 unspecified atom stereocenters. The number of allylic oxidation sites excluding steroid dienone is 1. The Morgan fingerprint density at radius 2 is 2.20 bits per heavy atom. The van der Waals surface area contributed by atoms with Gasteiger partial charge in [0.2, 0.25) is 0 Å². The van der Waals surface area contributed by atoms with Crippen molar-refractivity contribution in [2.45, 2.75) is 18.1 Å². The minimum Gasteiger partial charge on any atom is -0.278 e. The van der Waals surface area contributed by atoms with Crippen LogP contribution in [0.15, 0.2) is 41.4 Å². The van der Waals surface area contributed by atoms with Crippen molar-refractivity contribution in [3.05, 3.63) is 47.5 Å². The van der Waals surface area contributed by atoms with Crippen molar-refractivity contribution in [1.29, 1.82) is 0 Å². The predicted molar refractivity (Wildman–Crippen MR) is 66.7 cm³/mol. The monoisotopic (exact) mass is 215 g/mol. The van der Waals surface area contributed by atoms with Gasteiger partial charge in [0.25, 0.3) is 0 Å². The van der Waals surface area contributed by atoms with Gasteiger partial charge < -0.3 is 0 Å². The van der Waals surface area contributed by atoms with Gasteiger partial charge in [0, 0.05) is 17.4 Å². The lowest BCUT2D eigenvalue weighted by Crippen LogP contribution is -2.18. The lowest BCUT2D eigenvalue weighted by molar-refractivity contribution is 1.04. The van der Waals surface area contributed by atoms with Crippen molar-refractivity contribution < 1.29 is 0 Å². The van der Waals surface area contributed by atoms with Gasteiger partial charge in [0.15, 0.2) is 0 Å². The van der Waals surface area contributed by atoms with Crippen LogP contribution in [0.5, 0.6) is 0 Å². The van der Waals surface area contributed by atoms with E-state index in [-0.39, 0.29) is 0 Å². The number of nitrogens with zero attached hydrogens (tertiary/aromatic N) is 1. The Morgan fingerprint density at radius 1 is 1.27 bits per heavy atom. The standard InChI is InChI=1S/C13H13NS/c1-2-7-12-10(4-1)5-3-6-11-8-13(12)14-9-15-11/h1-4,6-7,11H,5,8-9H2/b6-3-. The fraction of sp³-hybridized carbons (Fsp3) is 0.308. The molecule has 1 atom stereocenters. The summed E-state index contributed by atoms with van der Waals surface area (Å²) in [6.07, 6.45) is 6.79. The van der Waals surface area contributed by atoms with Crippen LogP contribution < -0.4 is 0 Å². The lowest BCUT2D eigenvalue weighted by Gasteiger charge is -2.22. The first-order valence-electron chi connectivity index (χ1n) is 5.33. The number of hydrogen-bond donors (Lipinski definition) is 0. The van der Waals surface area contributed by atoms with Crippen LogP contribution in [-0.4, -0.2) is 16.8 Å². The molecule has 1 heterocycles. The lowest BCUT2D eigenvalue weighted by atomic mass is 9.95. The van der Waals surface area contributed by atoms with Crippen LogP contribution in [-0.2, 0) is 6.42 Å². The number of benzene rings is 1. The zero-order chi connectivity index (χ0) is 10.1. The number of aliphatic imine (C=N–C) groups is 1. The maximum Gasteiger partial charge on any atom is 0.0853 e. The van der Waals surface area contributed by atoms with E-state index in [1.54, 1.807) is 0 Å². The molecule has 2 aliphatic rings. The van der Waals surface area contributed by atoms with Crippen LogP contribution in [0.25, 0.3) is 0 Å². The summed E-state index contributed by atoms with van der Waals surface area (Å²) >= 11 is 1.94. The molecule has 0 saturated heterocycles. The van der Waals surface area contributed by atoms with Gasteiger partial charge in [-0.2, -0.15) is 0 Å². The van der Waals surface area contributed by atoms with Crippen molar-refractivity contribution in [2.75, 3.05) is 5.88 Å². The average molecular weight is 215 g/mol. The van der Waals surface area contributed by atoms with Crippen LogP contribution in [0.2, 0.25) is 0 Å². The molecule has 3 rings (SSSR count). The maximum atomic E-state index is 4.64. The van der Waals surface area contributed by atoms with Gasteiger partial charge in [-0.3, -0.25) is 4.99 Å². The van der Waals surface area contributed by atoms with Crippen molar-refractivity contribution in [2.24, 2.45) is 4.99 Å². The third kappa shape index (κ3) is 1.74. The summed E-state index contributed by atoms with van der Waals surface area (Å²) in [5.74, 6) is 0.915. The molecule has 2 heteroatoms. The second kappa shape index (κ2) is 3.86. The minimum atomic E-state index is 0.644. The summed E-state index contributed by atoms with van der Waals surface area (Å²) in [5.41, 5.74) is 4.09. The highest BCUT2D eigenvalue weighted by Gasteiger charge is 2.19. The third-order valence-electron chi connectivity index (χ3n) is 2.96. The fourth-order valence-corrected chi connectivity index (χ4v) is 3.09. The van der Waals surface area contributed by atoms with Crippen LogP contribution in [0.1, 0.15) is 17.5 Å². The maximum absolute atomic E-state index is 4.64. The molecule has 2 bridgehead atoms. The molecule has 1 aliphatic heterocycles. The van der Waals surface area contributed by atoms with E-state index in [1.165, 1.54) is 16.8 Å². The van der Waals surface area contributed by atoms with Gasteiger partial charge in [0.05, 0.1) is 5.88 Å². The summed E-state index contributed by atoms with van der Waals surface area (Å²) in [7, 11) is 0. The third-order valence-corrected chi connectivity index (χ3v) is 3.99. The molecule has 0 radical (unpaired) electrons. The van der Waals surface area contributed by atoms with Crippen LogP contribution in [0.3, 0.4) is 0 Å². The van der Waals surface area contributed by atoms with Crippen molar-refractivity contribution in [3.8, 4) is 0 Å². The van der Waals surface area contributed by atoms with E-state index < -0.39 is 0 Å². The van der Waals surface area contributed by atoms with Crippen molar-refractivity contribution in [1.82, 2.24) is 0 Å². The van der Waals surface area contributed by atoms with Crippen LogP contribution in [0.4, 0.5) is 0 Å². The summed E-state index contributed by atoms with van der Waals surface area (Å²) < 4.78 is 0. The average Bonchev–Trinajstić information content (AvgIpc) is 2.29. The Bertz CT molecular complexity index is 434. The van der Waals surface area contributed by atoms with E-state index in [9.17, 15) is 0 Å². The first kappa shape index (κ1) is 9.22. The molecular weight excluding hydrogens is 202 g/mol. The van der Waals surface area contributed by atoms with Gasteiger partial charge >= 0.3 is 0 Å². The normalized spacial score (nSPS) is 25.9. The molecule has 0 aromatic heterocycles. The molecule has 1 aromatic rings. The Labute approximate surface area is 94.3 Å². The van der Waals surface area contributed by atoms with E-state index >= 15 is 0 Å². The highest BCUT2D eigenvalue weighted by atomic mass is 32.2. The smallest absolute Gasteiger partial charge is 0.0853 e. The second-order valence-electron chi connectivity index (χ2n) is 3.93. The van der Waals surface area contributed by atoms with E-state index in [4.69, 9.17) is 0 Å². The van der Waals surface area contributed by atoms with Crippen molar-refractivity contribution >= 4 is 17.5 Å². The summed E-state index contributed by atoms with van der Waals surface area (Å²) in [4.78, 5) is 4.64. The van der Waals surface area contributed by atoms with E-state index in [2.05, 4.69) is 41.4 Å². The van der Waals surface area contributed by atoms with Crippen LogP contribution >= 0.6 is 11.8 Å². The van der Waals surface area contributed by atoms with E-state index in [0.717, 1.165) is 18.7 Å². The van der Waals surface area contributed by atoms with Gasteiger partial charge in [-0.05, 0) is 17.5 Å². The number of fused-ring (bicyclic) bond motifs is 4. The predicted octanol–water partition coefficient (Wildman–Crippen LogP) is 3.05. The molecule has 15 heavy (non-hydrogen) atoms. The Balaban J connectivity index is 2.12. The second-order valence-corrected chi connectivity index (χ2v) is 5.13. The van der Waals surface area contributed by atoms with Gasteiger partial charge in [-0.1, -0.05) is 36.4 Å². The number of rotatable bonds is 0. The highest BCUT2D eigenvalue weighted by molar-refractivity contribution is 8.00. The largest absolute Gasteiger partial charge is 0.278 e. The minimum absolute atomic E-state index is 0.644. The molecule has 0 saturated carbocycles. The molecule has 1 nitrogen and oxygen atoms in total. The molecular formula is C13H13NS. The molecule has 1 aromatic carbocycles. The highest BCUT2D eigenvalue weighted by Crippen LogP contribution is 2.28. The zero-order valence-corrected chi connectivity index (χ0v) is 9.33. The summed E-state index contributed by atoms with van der Waals surface area (Å²) in [5, 5.41) is 0.644. The molecule has 76 valence electrons. The van der Waals surface area contributed by atoms with E-state index in [1.807, 2.05) is 11.8 Å².